The van der Waals surface area contributed by atoms with Crippen LogP contribution in [0, 0.1) is 0 Å². The number of ether oxygens (including phenoxy) is 3. The lowest BCUT2D eigenvalue weighted by molar-refractivity contribution is -0.142. The molecule has 2 fully saturated rings. The predicted molar refractivity (Wildman–Crippen MR) is 93.9 cm³/mol. The Hall–Kier alpha value is -1.99. The molecule has 140 valence electrons. The summed E-state index contributed by atoms with van der Waals surface area (Å²) in [4.78, 5) is 28.7. The van der Waals surface area contributed by atoms with Crippen molar-refractivity contribution in [3.05, 3.63) is 22.7 Å². The number of halogens is 1. The molecule has 7 nitrogen and oxygen atoms in total. The molecule has 0 aliphatic carbocycles. The van der Waals surface area contributed by atoms with Crippen LogP contribution in [-0.2, 0) is 9.53 Å². The van der Waals surface area contributed by atoms with Crippen LogP contribution < -0.4 is 9.47 Å². The van der Waals surface area contributed by atoms with Crippen LogP contribution in [0.2, 0.25) is 5.02 Å². The molecule has 2 saturated heterocycles. The number of benzene rings is 1. The molecule has 0 spiro atoms. The molecule has 0 bridgehead atoms. The summed E-state index contributed by atoms with van der Waals surface area (Å²) in [6.07, 6.45) is 1.40. The molecule has 2 amide bonds. The molecule has 3 aliphatic heterocycles. The minimum absolute atomic E-state index is 0.0389. The Morgan fingerprint density at radius 2 is 1.73 bits per heavy atom. The summed E-state index contributed by atoms with van der Waals surface area (Å²) in [6, 6.07) is 3.29. The summed E-state index contributed by atoms with van der Waals surface area (Å²) in [5.41, 5.74) is 0.471. The van der Waals surface area contributed by atoms with E-state index in [0.29, 0.717) is 68.1 Å². The lowest BCUT2D eigenvalue weighted by Crippen LogP contribution is -2.52. The van der Waals surface area contributed by atoms with E-state index in [-0.39, 0.29) is 17.9 Å². The molecule has 0 unspecified atom stereocenters. The summed E-state index contributed by atoms with van der Waals surface area (Å²) < 4.78 is 16.5. The van der Waals surface area contributed by atoms with E-state index in [1.165, 1.54) is 0 Å². The van der Waals surface area contributed by atoms with Crippen molar-refractivity contribution in [1.29, 1.82) is 0 Å². The van der Waals surface area contributed by atoms with Crippen molar-refractivity contribution in [2.45, 2.75) is 18.9 Å². The number of rotatable bonds is 2. The van der Waals surface area contributed by atoms with Crippen LogP contribution in [-0.4, -0.2) is 73.7 Å². The Bertz CT molecular complexity index is 712. The summed E-state index contributed by atoms with van der Waals surface area (Å²) in [7, 11) is 0. The van der Waals surface area contributed by atoms with E-state index in [1.54, 1.807) is 21.9 Å². The number of carbonyl (C=O) groups is 2. The van der Waals surface area contributed by atoms with E-state index in [4.69, 9.17) is 25.8 Å². The maximum absolute atomic E-state index is 12.8. The zero-order chi connectivity index (χ0) is 18.1. The highest BCUT2D eigenvalue weighted by Crippen LogP contribution is 2.38. The molecular formula is C18H21ClN2O5. The molecule has 3 aliphatic rings. The van der Waals surface area contributed by atoms with Gasteiger partial charge in [-0.15, -0.1) is 0 Å². The van der Waals surface area contributed by atoms with E-state index in [2.05, 4.69) is 0 Å². The molecule has 8 heteroatoms. The topological polar surface area (TPSA) is 68.3 Å². The van der Waals surface area contributed by atoms with Gasteiger partial charge in [-0.05, 0) is 25.0 Å². The molecule has 0 aromatic heterocycles. The number of carbonyl (C=O) groups excluding carboxylic acids is 2. The normalized spacial score (nSPS) is 22.4. The molecule has 1 aromatic rings. The van der Waals surface area contributed by atoms with Crippen molar-refractivity contribution >= 4 is 23.4 Å². The van der Waals surface area contributed by atoms with Crippen molar-refractivity contribution in [1.82, 2.24) is 9.80 Å². The minimum atomic E-state index is -0.311. The zero-order valence-electron chi connectivity index (χ0n) is 14.4. The van der Waals surface area contributed by atoms with Crippen LogP contribution in [0.1, 0.15) is 23.2 Å². The van der Waals surface area contributed by atoms with Gasteiger partial charge in [0, 0.05) is 38.3 Å². The van der Waals surface area contributed by atoms with Gasteiger partial charge in [-0.25, -0.2) is 0 Å². The molecule has 4 rings (SSSR count). The maximum atomic E-state index is 12.8. The smallest absolute Gasteiger partial charge is 0.254 e. The fourth-order valence-electron chi connectivity index (χ4n) is 3.52. The second kappa shape index (κ2) is 7.32. The van der Waals surface area contributed by atoms with E-state index in [9.17, 15) is 9.59 Å². The van der Waals surface area contributed by atoms with Crippen LogP contribution in [0.15, 0.2) is 12.1 Å². The van der Waals surface area contributed by atoms with Crippen LogP contribution in [0.25, 0.3) is 0 Å². The SMILES string of the molecule is O=C(c1cc(Cl)c2c(c1)OCCO2)N1CCN(C(=O)[C@@H]2CCCO2)CC1. The zero-order valence-corrected chi connectivity index (χ0v) is 15.2. The third-order valence-electron chi connectivity index (χ3n) is 4.93. The Morgan fingerprint density at radius 1 is 1.00 bits per heavy atom. The van der Waals surface area contributed by atoms with Crippen LogP contribution >= 0.6 is 11.6 Å². The first-order chi connectivity index (χ1) is 12.6. The number of amides is 2. The van der Waals surface area contributed by atoms with Crippen molar-refractivity contribution in [3.8, 4) is 11.5 Å². The molecule has 0 saturated carbocycles. The lowest BCUT2D eigenvalue weighted by Gasteiger charge is -2.36. The molecule has 1 aromatic carbocycles. The number of nitrogens with zero attached hydrogens (tertiary/aromatic N) is 2. The lowest BCUT2D eigenvalue weighted by atomic mass is 10.1. The summed E-state index contributed by atoms with van der Waals surface area (Å²) in [5.74, 6) is 0.908. The monoisotopic (exact) mass is 380 g/mol. The van der Waals surface area contributed by atoms with E-state index in [1.807, 2.05) is 0 Å². The van der Waals surface area contributed by atoms with Crippen molar-refractivity contribution in [2.75, 3.05) is 46.0 Å². The number of piperazine rings is 1. The quantitative estimate of drug-likeness (QED) is 0.779. The molecule has 0 N–H and O–H groups in total. The maximum Gasteiger partial charge on any atom is 0.254 e. The highest BCUT2D eigenvalue weighted by Gasteiger charge is 2.32. The van der Waals surface area contributed by atoms with Crippen molar-refractivity contribution in [2.24, 2.45) is 0 Å². The third kappa shape index (κ3) is 3.33. The van der Waals surface area contributed by atoms with Gasteiger partial charge in [-0.3, -0.25) is 9.59 Å². The van der Waals surface area contributed by atoms with Gasteiger partial charge in [0.2, 0.25) is 0 Å². The fourth-order valence-corrected chi connectivity index (χ4v) is 3.79. The average Bonchev–Trinajstić information content (AvgIpc) is 3.22. The first kappa shape index (κ1) is 17.4. The van der Waals surface area contributed by atoms with E-state index in [0.717, 1.165) is 12.8 Å². The fraction of sp³-hybridized carbons (Fsp3) is 0.556. The number of hydrogen-bond donors (Lipinski definition) is 0. The average molecular weight is 381 g/mol. The molecular weight excluding hydrogens is 360 g/mol. The predicted octanol–water partition coefficient (Wildman–Crippen LogP) is 1.57. The standard InChI is InChI=1S/C18H21ClN2O5/c19-13-10-12(11-15-16(13)26-9-8-25-15)17(22)20-3-5-21(6-4-20)18(23)14-2-1-7-24-14/h10-11,14H,1-9H2/t14-/m0/s1. The first-order valence-electron chi connectivity index (χ1n) is 8.92. The van der Waals surface area contributed by atoms with Crippen molar-refractivity contribution in [3.63, 3.8) is 0 Å². The van der Waals surface area contributed by atoms with Crippen LogP contribution in [0.5, 0.6) is 11.5 Å². The summed E-state index contributed by atoms with van der Waals surface area (Å²) >= 11 is 6.23. The van der Waals surface area contributed by atoms with Gasteiger partial charge < -0.3 is 24.0 Å². The summed E-state index contributed by atoms with van der Waals surface area (Å²) in [6.45, 7) is 3.55. The van der Waals surface area contributed by atoms with Gasteiger partial charge in [0.15, 0.2) is 11.5 Å². The summed E-state index contributed by atoms with van der Waals surface area (Å²) in [5, 5.41) is 0.373. The first-order valence-corrected chi connectivity index (χ1v) is 9.30. The highest BCUT2D eigenvalue weighted by atomic mass is 35.5. The Labute approximate surface area is 156 Å². The Balaban J connectivity index is 1.40. The number of hydrogen-bond acceptors (Lipinski definition) is 5. The Morgan fingerprint density at radius 3 is 2.46 bits per heavy atom. The van der Waals surface area contributed by atoms with E-state index >= 15 is 0 Å². The van der Waals surface area contributed by atoms with Crippen molar-refractivity contribution < 1.29 is 23.8 Å². The third-order valence-corrected chi connectivity index (χ3v) is 5.21. The molecule has 1 atom stereocenters. The van der Waals surface area contributed by atoms with Gasteiger partial charge >= 0.3 is 0 Å². The van der Waals surface area contributed by atoms with Gasteiger partial charge in [-0.2, -0.15) is 0 Å². The molecule has 3 heterocycles. The minimum Gasteiger partial charge on any atom is -0.486 e. The second-order valence-corrected chi connectivity index (χ2v) is 7.01. The highest BCUT2D eigenvalue weighted by molar-refractivity contribution is 6.32. The second-order valence-electron chi connectivity index (χ2n) is 6.60. The molecule has 0 radical (unpaired) electrons. The van der Waals surface area contributed by atoms with E-state index < -0.39 is 0 Å². The van der Waals surface area contributed by atoms with Gasteiger partial charge in [-0.1, -0.05) is 11.6 Å². The Kier molecular flexibility index (Phi) is 4.91. The van der Waals surface area contributed by atoms with Gasteiger partial charge in [0.05, 0.1) is 5.02 Å². The van der Waals surface area contributed by atoms with Crippen LogP contribution in [0.3, 0.4) is 0 Å². The number of fused-ring (bicyclic) bond motifs is 1. The van der Waals surface area contributed by atoms with Crippen LogP contribution in [0.4, 0.5) is 0 Å². The van der Waals surface area contributed by atoms with Gasteiger partial charge in [0.25, 0.3) is 11.8 Å². The van der Waals surface area contributed by atoms with Gasteiger partial charge in [0.1, 0.15) is 19.3 Å². The molecule has 26 heavy (non-hydrogen) atoms. The largest absolute Gasteiger partial charge is 0.486 e.